The highest BCUT2D eigenvalue weighted by molar-refractivity contribution is 6.01. The molecule has 168 valence electrons. The van der Waals surface area contributed by atoms with E-state index in [1.165, 1.54) is 0 Å². The smallest absolute Gasteiger partial charge is 0.340 e. The molecule has 0 aliphatic heterocycles. The average Bonchev–Trinajstić information content (AvgIpc) is 2.80. The lowest BCUT2D eigenvalue weighted by molar-refractivity contribution is -0.118. The van der Waals surface area contributed by atoms with Crippen LogP contribution >= 0.6 is 0 Å². The molecular weight excluding hydrogens is 412 g/mol. The molecule has 1 aromatic heterocycles. The first-order valence-electron chi connectivity index (χ1n) is 10.4. The minimum absolute atomic E-state index is 0.152. The predicted molar refractivity (Wildman–Crippen MR) is 121 cm³/mol. The summed E-state index contributed by atoms with van der Waals surface area (Å²) in [4.78, 5) is 37.3. The highest BCUT2D eigenvalue weighted by Crippen LogP contribution is 2.23. The van der Waals surface area contributed by atoms with Gasteiger partial charge in [-0.1, -0.05) is 18.2 Å². The van der Waals surface area contributed by atoms with Gasteiger partial charge < -0.3 is 24.1 Å². The highest BCUT2D eigenvalue weighted by Gasteiger charge is 2.15. The Morgan fingerprint density at radius 3 is 2.56 bits per heavy atom. The molecular formula is C24H26N2O6. The Labute approximate surface area is 185 Å². The van der Waals surface area contributed by atoms with E-state index in [1.54, 1.807) is 66.2 Å². The third-order valence-corrected chi connectivity index (χ3v) is 4.71. The first kappa shape index (κ1) is 23.0. The van der Waals surface area contributed by atoms with Crippen molar-refractivity contribution in [3.05, 3.63) is 70.6 Å². The van der Waals surface area contributed by atoms with E-state index < -0.39 is 11.9 Å². The van der Waals surface area contributed by atoms with Crippen LogP contribution in [0.4, 0.5) is 5.69 Å². The van der Waals surface area contributed by atoms with E-state index in [1.807, 2.05) is 6.92 Å². The van der Waals surface area contributed by atoms with Crippen LogP contribution in [0.15, 0.2) is 59.5 Å². The van der Waals surface area contributed by atoms with Crippen molar-refractivity contribution in [2.45, 2.75) is 20.4 Å². The summed E-state index contributed by atoms with van der Waals surface area (Å²) in [6, 6.07) is 13.5. The molecule has 0 saturated heterocycles. The number of amides is 1. The number of aromatic nitrogens is 1. The predicted octanol–water partition coefficient (Wildman–Crippen LogP) is 3.23. The molecule has 0 bridgehead atoms. The van der Waals surface area contributed by atoms with E-state index in [0.29, 0.717) is 42.0 Å². The molecule has 1 amide bonds. The molecule has 3 aromatic rings. The van der Waals surface area contributed by atoms with Gasteiger partial charge in [0.25, 0.3) is 11.5 Å². The van der Waals surface area contributed by atoms with Gasteiger partial charge in [0.1, 0.15) is 5.75 Å². The molecule has 0 unspecified atom stereocenters. The summed E-state index contributed by atoms with van der Waals surface area (Å²) in [7, 11) is 0. The van der Waals surface area contributed by atoms with Crippen LogP contribution in [0.5, 0.6) is 5.75 Å². The van der Waals surface area contributed by atoms with Crippen LogP contribution in [0.3, 0.4) is 0 Å². The van der Waals surface area contributed by atoms with Crippen molar-refractivity contribution in [1.29, 1.82) is 0 Å². The van der Waals surface area contributed by atoms with Crippen LogP contribution in [0.2, 0.25) is 0 Å². The van der Waals surface area contributed by atoms with Crippen molar-refractivity contribution in [2.75, 3.05) is 31.7 Å². The van der Waals surface area contributed by atoms with Gasteiger partial charge in [-0.15, -0.1) is 0 Å². The Bertz CT molecular complexity index is 1150. The highest BCUT2D eigenvalue weighted by atomic mass is 16.5. The summed E-state index contributed by atoms with van der Waals surface area (Å²) in [6.07, 6.45) is 1.69. The maximum absolute atomic E-state index is 12.7. The number of pyridine rings is 1. The Hall–Kier alpha value is -3.65. The lowest BCUT2D eigenvalue weighted by Crippen LogP contribution is -2.23. The average molecular weight is 438 g/mol. The fraction of sp³-hybridized carbons (Fsp3) is 0.292. The second-order valence-electron chi connectivity index (χ2n) is 6.83. The Balaban J connectivity index is 1.71. The van der Waals surface area contributed by atoms with Crippen LogP contribution in [0.1, 0.15) is 24.2 Å². The summed E-state index contributed by atoms with van der Waals surface area (Å²) in [5, 5.41) is 3.78. The van der Waals surface area contributed by atoms with Gasteiger partial charge in [0.05, 0.1) is 29.9 Å². The zero-order valence-corrected chi connectivity index (χ0v) is 18.1. The van der Waals surface area contributed by atoms with Gasteiger partial charge in [0.15, 0.2) is 6.61 Å². The van der Waals surface area contributed by atoms with Gasteiger partial charge in [-0.2, -0.15) is 0 Å². The second kappa shape index (κ2) is 11.1. The molecule has 0 aliphatic rings. The number of hydrogen-bond acceptors (Lipinski definition) is 6. The number of carbonyl (C=O) groups excluding carboxylic acids is 2. The number of anilines is 1. The lowest BCUT2D eigenvalue weighted by atomic mass is 10.1. The van der Waals surface area contributed by atoms with Crippen molar-refractivity contribution in [3.63, 3.8) is 0 Å². The van der Waals surface area contributed by atoms with Crippen molar-refractivity contribution in [1.82, 2.24) is 4.57 Å². The normalized spacial score (nSPS) is 10.7. The van der Waals surface area contributed by atoms with Crippen molar-refractivity contribution >= 4 is 28.3 Å². The van der Waals surface area contributed by atoms with Gasteiger partial charge in [0.2, 0.25) is 0 Å². The van der Waals surface area contributed by atoms with Crippen LogP contribution in [0, 0.1) is 0 Å². The number of nitrogens with one attached hydrogen (secondary N) is 1. The van der Waals surface area contributed by atoms with Crippen LogP contribution in [-0.4, -0.2) is 42.9 Å². The number of para-hydroxylation sites is 1. The van der Waals surface area contributed by atoms with Gasteiger partial charge in [0, 0.05) is 24.7 Å². The molecule has 0 atom stereocenters. The van der Waals surface area contributed by atoms with Crippen molar-refractivity contribution in [2.24, 2.45) is 0 Å². The minimum atomic E-state index is -0.515. The van der Waals surface area contributed by atoms with Gasteiger partial charge in [-0.05, 0) is 44.2 Å². The molecule has 1 N–H and O–H groups in total. The van der Waals surface area contributed by atoms with Crippen molar-refractivity contribution in [3.8, 4) is 5.75 Å². The Kier molecular flexibility index (Phi) is 7.99. The fourth-order valence-electron chi connectivity index (χ4n) is 3.21. The molecule has 2 aromatic carbocycles. The van der Waals surface area contributed by atoms with Gasteiger partial charge in [-0.3, -0.25) is 9.59 Å². The topological polar surface area (TPSA) is 95.9 Å². The minimum Gasteiger partial charge on any atom is -0.483 e. The maximum Gasteiger partial charge on any atom is 0.340 e. The monoisotopic (exact) mass is 438 g/mol. The van der Waals surface area contributed by atoms with E-state index in [9.17, 15) is 14.4 Å². The SMILES string of the molecule is CCOCCn1ccc2c(OCC(=O)Nc3ccccc3C(=O)OCC)cccc2c1=O. The summed E-state index contributed by atoms with van der Waals surface area (Å²) in [5.74, 6) is -0.534. The molecule has 1 heterocycles. The number of hydrogen-bond donors (Lipinski definition) is 1. The Morgan fingerprint density at radius 2 is 1.78 bits per heavy atom. The van der Waals surface area contributed by atoms with Gasteiger partial charge in [-0.25, -0.2) is 4.79 Å². The second-order valence-corrected chi connectivity index (χ2v) is 6.83. The largest absolute Gasteiger partial charge is 0.483 e. The molecule has 0 radical (unpaired) electrons. The van der Waals surface area contributed by atoms with Crippen LogP contribution in [0.25, 0.3) is 10.8 Å². The number of fused-ring (bicyclic) bond motifs is 1. The summed E-state index contributed by atoms with van der Waals surface area (Å²) in [5.41, 5.74) is 0.454. The summed E-state index contributed by atoms with van der Waals surface area (Å²) >= 11 is 0. The van der Waals surface area contributed by atoms with E-state index in [4.69, 9.17) is 14.2 Å². The van der Waals surface area contributed by atoms with Gasteiger partial charge >= 0.3 is 5.97 Å². The fourth-order valence-corrected chi connectivity index (χ4v) is 3.21. The van der Waals surface area contributed by atoms with E-state index in [-0.39, 0.29) is 24.3 Å². The number of rotatable bonds is 10. The van der Waals surface area contributed by atoms with Crippen LogP contribution < -0.4 is 15.6 Å². The number of ether oxygens (including phenoxy) is 3. The molecule has 0 fully saturated rings. The number of esters is 1. The van der Waals surface area contributed by atoms with Crippen LogP contribution in [-0.2, 0) is 20.8 Å². The third-order valence-electron chi connectivity index (χ3n) is 4.71. The number of carbonyl (C=O) groups is 2. The Morgan fingerprint density at radius 1 is 0.969 bits per heavy atom. The lowest BCUT2D eigenvalue weighted by Gasteiger charge is -2.13. The standard InChI is InChI=1S/C24H26N2O6/c1-3-30-15-14-26-13-12-17-18(23(26)28)9-7-11-21(17)32-16-22(27)25-20-10-6-5-8-19(20)24(29)31-4-2/h5-13H,3-4,14-16H2,1-2H3,(H,25,27). The summed E-state index contributed by atoms with van der Waals surface area (Å²) in [6.45, 7) is 5.06. The molecule has 0 saturated carbocycles. The quantitative estimate of drug-likeness (QED) is 0.386. The molecule has 8 heteroatoms. The third kappa shape index (κ3) is 5.53. The summed E-state index contributed by atoms with van der Waals surface area (Å²) < 4.78 is 17.6. The first-order valence-corrected chi connectivity index (χ1v) is 10.4. The molecule has 8 nitrogen and oxygen atoms in total. The maximum atomic E-state index is 12.7. The molecule has 0 spiro atoms. The zero-order chi connectivity index (χ0) is 22.9. The number of benzene rings is 2. The molecule has 32 heavy (non-hydrogen) atoms. The van der Waals surface area contributed by atoms with E-state index >= 15 is 0 Å². The first-order chi connectivity index (χ1) is 15.5. The molecule has 3 rings (SSSR count). The van der Waals surface area contributed by atoms with E-state index in [2.05, 4.69) is 5.32 Å². The van der Waals surface area contributed by atoms with E-state index in [0.717, 1.165) is 0 Å². The zero-order valence-electron chi connectivity index (χ0n) is 18.1. The number of nitrogens with zero attached hydrogens (tertiary/aromatic N) is 1. The molecule has 0 aliphatic carbocycles. The van der Waals surface area contributed by atoms with Crippen molar-refractivity contribution < 1.29 is 23.8 Å².